The topological polar surface area (TPSA) is 93.8 Å². The van der Waals surface area contributed by atoms with Crippen molar-refractivity contribution in [2.75, 3.05) is 0 Å². The van der Waals surface area contributed by atoms with Crippen LogP contribution in [0.2, 0.25) is 0 Å². The number of benzene rings is 2. The molecule has 2 aromatic rings. The van der Waals surface area contributed by atoms with Gasteiger partial charge in [-0.15, -0.1) is 0 Å². The molecule has 7 nitrogen and oxygen atoms in total. The van der Waals surface area contributed by atoms with Gasteiger partial charge in [0.2, 0.25) is 0 Å². The van der Waals surface area contributed by atoms with E-state index in [4.69, 9.17) is 4.74 Å². The Bertz CT molecular complexity index is 858. The van der Waals surface area contributed by atoms with Crippen LogP contribution in [0.25, 0.3) is 0 Å². The number of amides is 1. The number of hydrazone groups is 1. The van der Waals surface area contributed by atoms with Gasteiger partial charge in [-0.1, -0.05) is 31.2 Å². The minimum absolute atomic E-state index is 0.0347. The van der Waals surface area contributed by atoms with Crippen molar-refractivity contribution in [1.82, 2.24) is 5.43 Å². The standard InChI is InChI=1S/C20H23N3O4/c1-5-15-9-11-18(12-10-15)27-20(3,4)19(24)22-21-14(2)16-7-6-8-17(13-16)23(25)26/h6-13H,5H2,1-4H3,(H,22,24). The van der Waals surface area contributed by atoms with E-state index in [9.17, 15) is 14.9 Å². The summed E-state index contributed by atoms with van der Waals surface area (Å²) in [6, 6.07) is 13.6. The second kappa shape index (κ2) is 8.44. The number of hydrogen-bond acceptors (Lipinski definition) is 5. The van der Waals surface area contributed by atoms with Gasteiger partial charge in [-0.05, 0) is 44.9 Å². The molecule has 0 aromatic heterocycles. The van der Waals surface area contributed by atoms with Crippen molar-refractivity contribution >= 4 is 17.3 Å². The van der Waals surface area contributed by atoms with E-state index in [1.165, 1.54) is 17.7 Å². The summed E-state index contributed by atoms with van der Waals surface area (Å²) in [4.78, 5) is 22.8. The predicted octanol–water partition coefficient (Wildman–Crippen LogP) is 3.86. The van der Waals surface area contributed by atoms with Gasteiger partial charge < -0.3 is 4.74 Å². The molecule has 0 fully saturated rings. The van der Waals surface area contributed by atoms with Gasteiger partial charge >= 0.3 is 0 Å². The van der Waals surface area contributed by atoms with Crippen LogP contribution in [0, 0.1) is 10.1 Å². The number of carbonyl (C=O) groups is 1. The fourth-order valence-electron chi connectivity index (χ4n) is 2.31. The first-order valence-electron chi connectivity index (χ1n) is 8.60. The maximum absolute atomic E-state index is 12.5. The molecule has 0 spiro atoms. The van der Waals surface area contributed by atoms with Gasteiger partial charge in [0, 0.05) is 17.7 Å². The van der Waals surface area contributed by atoms with Gasteiger partial charge in [-0.25, -0.2) is 5.43 Å². The number of carbonyl (C=O) groups excluding carboxylic acids is 1. The lowest BCUT2D eigenvalue weighted by Crippen LogP contribution is -2.45. The lowest BCUT2D eigenvalue weighted by Gasteiger charge is -2.24. The molecule has 0 radical (unpaired) electrons. The molecule has 0 atom stereocenters. The van der Waals surface area contributed by atoms with Gasteiger partial charge in [-0.3, -0.25) is 14.9 Å². The van der Waals surface area contributed by atoms with Crippen LogP contribution < -0.4 is 10.2 Å². The minimum atomic E-state index is -1.14. The van der Waals surface area contributed by atoms with Crippen LogP contribution in [-0.4, -0.2) is 22.1 Å². The normalized spacial score (nSPS) is 11.8. The van der Waals surface area contributed by atoms with Crippen LogP contribution >= 0.6 is 0 Å². The third kappa shape index (κ3) is 5.37. The number of ether oxygens (including phenoxy) is 1. The van der Waals surface area contributed by atoms with E-state index in [0.717, 1.165) is 6.42 Å². The largest absolute Gasteiger partial charge is 0.478 e. The summed E-state index contributed by atoms with van der Waals surface area (Å²) in [6.07, 6.45) is 0.926. The maximum Gasteiger partial charge on any atom is 0.283 e. The number of nitro benzene ring substituents is 1. The molecule has 0 saturated carbocycles. The predicted molar refractivity (Wildman–Crippen MR) is 104 cm³/mol. The lowest BCUT2D eigenvalue weighted by atomic mass is 10.1. The van der Waals surface area contributed by atoms with Crippen LogP contribution in [0.5, 0.6) is 5.75 Å². The molecule has 2 rings (SSSR count). The quantitative estimate of drug-likeness (QED) is 0.455. The van der Waals surface area contributed by atoms with Crippen LogP contribution in [0.3, 0.4) is 0 Å². The van der Waals surface area contributed by atoms with E-state index < -0.39 is 16.4 Å². The first-order valence-corrected chi connectivity index (χ1v) is 8.60. The number of nitrogens with zero attached hydrogens (tertiary/aromatic N) is 2. The molecular weight excluding hydrogens is 346 g/mol. The Labute approximate surface area is 158 Å². The SMILES string of the molecule is CCc1ccc(OC(C)(C)C(=O)NN=C(C)c2cccc([N+](=O)[O-])c2)cc1. The van der Waals surface area contributed by atoms with Crippen LogP contribution in [0.15, 0.2) is 53.6 Å². The molecule has 2 aromatic carbocycles. The summed E-state index contributed by atoms with van der Waals surface area (Å²) < 4.78 is 5.78. The first-order chi connectivity index (χ1) is 12.7. The average molecular weight is 369 g/mol. The van der Waals surface area contributed by atoms with Gasteiger partial charge in [0.1, 0.15) is 5.75 Å². The number of aryl methyl sites for hydroxylation is 1. The third-order valence-corrected chi connectivity index (χ3v) is 4.05. The Morgan fingerprint density at radius 2 is 1.89 bits per heavy atom. The Balaban J connectivity index is 2.06. The number of non-ortho nitro benzene ring substituents is 1. The highest BCUT2D eigenvalue weighted by Crippen LogP contribution is 2.20. The molecule has 0 unspecified atom stereocenters. The summed E-state index contributed by atoms with van der Waals surface area (Å²) in [5, 5.41) is 14.9. The van der Waals surface area contributed by atoms with Gasteiger partial charge in [0.15, 0.2) is 5.60 Å². The van der Waals surface area contributed by atoms with Crippen LogP contribution in [-0.2, 0) is 11.2 Å². The van der Waals surface area contributed by atoms with Crippen molar-refractivity contribution in [2.45, 2.75) is 39.7 Å². The molecule has 27 heavy (non-hydrogen) atoms. The van der Waals surface area contributed by atoms with E-state index in [1.54, 1.807) is 32.9 Å². The van der Waals surface area contributed by atoms with E-state index in [0.29, 0.717) is 17.0 Å². The van der Waals surface area contributed by atoms with Crippen LogP contribution in [0.1, 0.15) is 38.8 Å². The Kier molecular flexibility index (Phi) is 6.28. The zero-order valence-corrected chi connectivity index (χ0v) is 15.9. The monoisotopic (exact) mass is 369 g/mol. The molecule has 142 valence electrons. The second-order valence-electron chi connectivity index (χ2n) is 6.56. The van der Waals surface area contributed by atoms with Gasteiger partial charge in [0.25, 0.3) is 11.6 Å². The second-order valence-corrected chi connectivity index (χ2v) is 6.56. The molecular formula is C20H23N3O4. The highest BCUT2D eigenvalue weighted by Gasteiger charge is 2.30. The van der Waals surface area contributed by atoms with E-state index in [2.05, 4.69) is 17.5 Å². The zero-order chi connectivity index (χ0) is 20.0. The Morgan fingerprint density at radius 3 is 2.48 bits per heavy atom. The van der Waals surface area contributed by atoms with E-state index >= 15 is 0 Å². The number of nitrogens with one attached hydrogen (secondary N) is 1. The molecule has 0 saturated heterocycles. The summed E-state index contributed by atoms with van der Waals surface area (Å²) >= 11 is 0. The molecule has 1 amide bonds. The highest BCUT2D eigenvalue weighted by molar-refractivity contribution is 6.00. The third-order valence-electron chi connectivity index (χ3n) is 4.05. The number of hydrogen-bond donors (Lipinski definition) is 1. The summed E-state index contributed by atoms with van der Waals surface area (Å²) in [5.41, 5.74) is 3.48. The Morgan fingerprint density at radius 1 is 1.22 bits per heavy atom. The fourth-order valence-corrected chi connectivity index (χ4v) is 2.31. The van der Waals surface area contributed by atoms with E-state index in [-0.39, 0.29) is 5.69 Å². The van der Waals surface area contributed by atoms with Gasteiger partial charge in [0.05, 0.1) is 10.6 Å². The first kappa shape index (κ1) is 20.1. The number of nitro groups is 1. The molecule has 0 bridgehead atoms. The lowest BCUT2D eigenvalue weighted by molar-refractivity contribution is -0.384. The summed E-state index contributed by atoms with van der Waals surface area (Å²) in [5.74, 6) is 0.165. The highest BCUT2D eigenvalue weighted by atomic mass is 16.6. The smallest absolute Gasteiger partial charge is 0.283 e. The molecule has 1 N–H and O–H groups in total. The maximum atomic E-state index is 12.5. The molecule has 7 heteroatoms. The zero-order valence-electron chi connectivity index (χ0n) is 15.9. The molecule has 0 aliphatic rings. The minimum Gasteiger partial charge on any atom is -0.478 e. The fraction of sp³-hybridized carbons (Fsp3) is 0.300. The summed E-state index contributed by atoms with van der Waals surface area (Å²) in [7, 11) is 0. The van der Waals surface area contributed by atoms with Crippen molar-refractivity contribution in [3.8, 4) is 5.75 Å². The average Bonchev–Trinajstić information content (AvgIpc) is 2.66. The molecule has 0 aliphatic heterocycles. The van der Waals surface area contributed by atoms with Gasteiger partial charge in [-0.2, -0.15) is 5.10 Å². The van der Waals surface area contributed by atoms with E-state index in [1.807, 2.05) is 24.3 Å². The Hall–Kier alpha value is -3.22. The molecule has 0 heterocycles. The molecule has 0 aliphatic carbocycles. The van der Waals surface area contributed by atoms with Crippen molar-refractivity contribution in [3.05, 3.63) is 69.8 Å². The summed E-state index contributed by atoms with van der Waals surface area (Å²) in [6.45, 7) is 7.02. The van der Waals surface area contributed by atoms with Crippen molar-refractivity contribution in [1.29, 1.82) is 0 Å². The van der Waals surface area contributed by atoms with Crippen LogP contribution in [0.4, 0.5) is 5.69 Å². The van der Waals surface area contributed by atoms with Crippen molar-refractivity contribution in [2.24, 2.45) is 5.10 Å². The number of rotatable bonds is 7. The van der Waals surface area contributed by atoms with Crippen molar-refractivity contribution in [3.63, 3.8) is 0 Å². The van der Waals surface area contributed by atoms with Crippen molar-refractivity contribution < 1.29 is 14.5 Å².